The third-order valence-corrected chi connectivity index (χ3v) is 8.74. The molecule has 3 fully saturated rings. The monoisotopic (exact) mass is 355 g/mol. The summed E-state index contributed by atoms with van der Waals surface area (Å²) in [5, 5.41) is 24.7. The number of oxime groups is 1. The highest BCUT2D eigenvalue weighted by Gasteiger charge is 2.59. The first-order valence-corrected chi connectivity index (χ1v) is 10.2. The predicted octanol–water partition coefficient (Wildman–Crippen LogP) is 4.01. The van der Waals surface area contributed by atoms with Gasteiger partial charge in [0.05, 0.1) is 11.8 Å². The molecule has 1 heterocycles. The minimum absolute atomic E-state index is 0.297. The topological polar surface area (TPSA) is 76.2 Å². The van der Waals surface area contributed by atoms with Crippen LogP contribution in [0.25, 0.3) is 0 Å². The summed E-state index contributed by atoms with van der Waals surface area (Å²) >= 11 is 0. The van der Waals surface area contributed by atoms with E-state index in [2.05, 4.69) is 40.6 Å². The molecule has 140 valence electrons. The smallest absolute Gasteiger partial charge is 0.138 e. The highest BCUT2D eigenvalue weighted by atomic mass is 16.4. The largest absolute Gasteiger partial charge is 0.411 e. The van der Waals surface area contributed by atoms with Gasteiger partial charge in [0.15, 0.2) is 0 Å². The quantitative estimate of drug-likeness (QED) is 0.610. The molecular formula is C20H29N5O. The van der Waals surface area contributed by atoms with Crippen molar-refractivity contribution in [3.8, 4) is 0 Å². The summed E-state index contributed by atoms with van der Waals surface area (Å²) < 4.78 is 2.03. The number of hydrogen-bond acceptors (Lipinski definition) is 5. The molecule has 4 aliphatic rings. The number of tetrazole rings is 1. The van der Waals surface area contributed by atoms with Crippen LogP contribution < -0.4 is 0 Å². The zero-order chi connectivity index (χ0) is 17.9. The van der Waals surface area contributed by atoms with E-state index in [1.54, 1.807) is 0 Å². The van der Waals surface area contributed by atoms with Gasteiger partial charge in [0.2, 0.25) is 0 Å². The lowest BCUT2D eigenvalue weighted by atomic mass is 9.47. The van der Waals surface area contributed by atoms with Crippen LogP contribution in [0.3, 0.4) is 0 Å². The van der Waals surface area contributed by atoms with Gasteiger partial charge in [-0.25, -0.2) is 4.68 Å². The molecule has 6 nitrogen and oxygen atoms in total. The van der Waals surface area contributed by atoms with E-state index < -0.39 is 0 Å². The highest BCUT2D eigenvalue weighted by molar-refractivity contribution is 5.96. The molecule has 0 saturated heterocycles. The summed E-state index contributed by atoms with van der Waals surface area (Å²) in [6.45, 7) is 4.98. The summed E-state index contributed by atoms with van der Waals surface area (Å²) in [5.74, 6) is 2.36. The molecule has 1 N–H and O–H groups in total. The van der Waals surface area contributed by atoms with E-state index in [4.69, 9.17) is 0 Å². The van der Waals surface area contributed by atoms with Crippen molar-refractivity contribution in [2.45, 2.75) is 71.3 Å². The van der Waals surface area contributed by atoms with Crippen molar-refractivity contribution in [2.75, 3.05) is 0 Å². The first kappa shape index (κ1) is 16.5. The van der Waals surface area contributed by atoms with Crippen LogP contribution in [0, 0.1) is 28.6 Å². The van der Waals surface area contributed by atoms with E-state index in [0.29, 0.717) is 16.9 Å². The molecule has 1 aromatic heterocycles. The van der Waals surface area contributed by atoms with Crippen molar-refractivity contribution in [3.63, 3.8) is 0 Å². The summed E-state index contributed by atoms with van der Waals surface area (Å²) in [4.78, 5) is 0. The fourth-order valence-corrected chi connectivity index (χ4v) is 7.37. The van der Waals surface area contributed by atoms with Crippen LogP contribution in [0.15, 0.2) is 23.1 Å². The minimum atomic E-state index is 0.297. The van der Waals surface area contributed by atoms with E-state index in [1.807, 2.05) is 11.0 Å². The fraction of sp³-hybridized carbons (Fsp3) is 0.800. The molecule has 6 atom stereocenters. The number of aromatic nitrogens is 4. The maximum absolute atomic E-state index is 9.20. The van der Waals surface area contributed by atoms with Gasteiger partial charge >= 0.3 is 0 Å². The van der Waals surface area contributed by atoms with Crippen molar-refractivity contribution in [3.05, 3.63) is 18.0 Å². The second-order valence-corrected chi connectivity index (χ2v) is 9.52. The highest BCUT2D eigenvalue weighted by Crippen LogP contribution is 2.67. The summed E-state index contributed by atoms with van der Waals surface area (Å²) in [5.41, 5.74) is 3.03. The van der Waals surface area contributed by atoms with Gasteiger partial charge in [0, 0.05) is 0 Å². The van der Waals surface area contributed by atoms with E-state index in [-0.39, 0.29) is 0 Å². The van der Waals surface area contributed by atoms with Crippen molar-refractivity contribution in [1.82, 2.24) is 20.2 Å². The summed E-state index contributed by atoms with van der Waals surface area (Å²) in [6, 6.07) is 0.452. The molecule has 0 spiro atoms. The van der Waals surface area contributed by atoms with Crippen molar-refractivity contribution in [2.24, 2.45) is 33.7 Å². The predicted molar refractivity (Wildman–Crippen MR) is 97.8 cm³/mol. The molecule has 26 heavy (non-hydrogen) atoms. The Bertz CT molecular complexity index is 756. The number of nitrogens with zero attached hydrogens (tertiary/aromatic N) is 5. The van der Waals surface area contributed by atoms with E-state index in [9.17, 15) is 5.21 Å². The van der Waals surface area contributed by atoms with Crippen LogP contribution in [0.5, 0.6) is 0 Å². The molecule has 0 radical (unpaired) electrons. The van der Waals surface area contributed by atoms with Crippen LogP contribution in [0.1, 0.15) is 71.3 Å². The molecule has 1 aromatic rings. The third kappa shape index (κ3) is 2.10. The molecule has 0 amide bonds. The molecular weight excluding hydrogens is 326 g/mol. The standard InChI is InChI=1S/C20H29N5O/c1-19-9-7-14(22-26)11-13(19)3-4-15-16-5-6-18(25-12-21-23-24-25)20(16,2)10-8-17(15)19/h11-12,15-18,26H,3-10H2,1-2H3/b22-14-/t15-,16-,17-,18?,19-,20-/m0/s1. The van der Waals surface area contributed by atoms with Crippen molar-refractivity contribution >= 4 is 5.71 Å². The van der Waals surface area contributed by atoms with Gasteiger partial charge in [-0.1, -0.05) is 24.6 Å². The van der Waals surface area contributed by atoms with Gasteiger partial charge < -0.3 is 5.21 Å². The second-order valence-electron chi connectivity index (χ2n) is 9.52. The number of fused-ring (bicyclic) bond motifs is 5. The van der Waals surface area contributed by atoms with Gasteiger partial charge in [-0.2, -0.15) is 0 Å². The van der Waals surface area contributed by atoms with Crippen molar-refractivity contribution < 1.29 is 5.21 Å². The zero-order valence-electron chi connectivity index (χ0n) is 15.8. The minimum Gasteiger partial charge on any atom is -0.411 e. The van der Waals surface area contributed by atoms with Crippen molar-refractivity contribution in [1.29, 1.82) is 0 Å². The van der Waals surface area contributed by atoms with E-state index >= 15 is 0 Å². The van der Waals surface area contributed by atoms with Crippen LogP contribution in [0.4, 0.5) is 0 Å². The molecule has 0 aromatic carbocycles. The molecule has 5 rings (SSSR count). The Labute approximate surface area is 154 Å². The summed E-state index contributed by atoms with van der Waals surface area (Å²) in [7, 11) is 0. The van der Waals surface area contributed by atoms with Gasteiger partial charge in [0.1, 0.15) is 6.33 Å². The van der Waals surface area contributed by atoms with E-state index in [1.165, 1.54) is 44.1 Å². The van der Waals surface area contributed by atoms with E-state index in [0.717, 1.165) is 36.3 Å². The molecule has 3 saturated carbocycles. The maximum atomic E-state index is 9.20. The fourth-order valence-electron chi connectivity index (χ4n) is 7.37. The average Bonchev–Trinajstić information content (AvgIpc) is 3.27. The lowest BCUT2D eigenvalue weighted by molar-refractivity contribution is -0.0482. The van der Waals surface area contributed by atoms with Gasteiger partial charge in [0.25, 0.3) is 0 Å². The number of hydrogen-bond donors (Lipinski definition) is 1. The molecule has 0 bridgehead atoms. The number of rotatable bonds is 1. The average molecular weight is 355 g/mol. The van der Waals surface area contributed by atoms with Crippen LogP contribution in [-0.2, 0) is 0 Å². The first-order chi connectivity index (χ1) is 12.6. The van der Waals surface area contributed by atoms with Gasteiger partial charge in [-0.3, -0.25) is 0 Å². The lowest BCUT2D eigenvalue weighted by Gasteiger charge is -2.58. The second kappa shape index (κ2) is 5.64. The van der Waals surface area contributed by atoms with Crippen LogP contribution in [-0.4, -0.2) is 31.1 Å². The molecule has 1 unspecified atom stereocenters. The Morgan fingerprint density at radius 2 is 2.00 bits per heavy atom. The molecule has 0 aliphatic heterocycles. The van der Waals surface area contributed by atoms with Crippen LogP contribution >= 0.6 is 0 Å². The van der Waals surface area contributed by atoms with Gasteiger partial charge in [-0.15, -0.1) is 5.10 Å². The Morgan fingerprint density at radius 3 is 2.77 bits per heavy atom. The maximum Gasteiger partial charge on any atom is 0.138 e. The van der Waals surface area contributed by atoms with Crippen LogP contribution in [0.2, 0.25) is 0 Å². The Kier molecular flexibility index (Phi) is 3.57. The molecule has 4 aliphatic carbocycles. The Morgan fingerprint density at radius 1 is 1.12 bits per heavy atom. The Balaban J connectivity index is 1.47. The third-order valence-electron chi connectivity index (χ3n) is 8.74. The summed E-state index contributed by atoms with van der Waals surface area (Å²) in [6.07, 6.45) is 13.6. The van der Waals surface area contributed by atoms with Gasteiger partial charge in [-0.05, 0) is 96.5 Å². The zero-order valence-corrected chi connectivity index (χ0v) is 15.8. The normalized spacial score (nSPS) is 46.4. The molecule has 6 heteroatoms. The first-order valence-electron chi connectivity index (χ1n) is 10.2. The lowest BCUT2D eigenvalue weighted by Crippen LogP contribution is -2.50. The number of allylic oxidation sites excluding steroid dienone is 2. The Hall–Kier alpha value is -1.72. The SMILES string of the molecule is C[C@]12CC/C(=N/O)C=C1CC[C@@H]1[C@@H]2CC[C@]2(C)C(n3cnnn3)CC[C@@H]12.